The molecule has 0 aromatic carbocycles. The molecule has 3 N–H and O–H groups in total. The van der Waals surface area contributed by atoms with Gasteiger partial charge in [0.25, 0.3) is 0 Å². The number of hydrogen-bond donors (Lipinski definition) is 2. The molecule has 1 aromatic heterocycles. The maximum absolute atomic E-state index is 5.38. The summed E-state index contributed by atoms with van der Waals surface area (Å²) < 4.78 is 0.964. The summed E-state index contributed by atoms with van der Waals surface area (Å²) in [6.07, 6.45) is 4.34. The molecule has 0 amide bonds. The van der Waals surface area contributed by atoms with Crippen molar-refractivity contribution in [1.29, 1.82) is 0 Å². The molecule has 1 atom stereocenters. The Labute approximate surface area is 86.1 Å². The second-order valence-corrected chi connectivity index (χ2v) is 3.56. The van der Waals surface area contributed by atoms with Gasteiger partial charge in [0, 0.05) is 10.7 Å². The lowest BCUT2D eigenvalue weighted by atomic mass is 10.1. The topological polar surface area (TPSA) is 50.9 Å². The molecule has 13 heavy (non-hydrogen) atoms. The lowest BCUT2D eigenvalue weighted by Gasteiger charge is -2.12. The largest absolute Gasteiger partial charge is 0.271 e. The molecule has 0 fully saturated rings. The SMILES string of the molecule is C=CCC(NN)c1ccc(Br)cn1. The van der Waals surface area contributed by atoms with Crippen LogP contribution in [0.4, 0.5) is 0 Å². The standard InChI is InChI=1S/C9H12BrN3/c1-2-3-9(13-11)8-5-4-7(10)6-12-8/h2,4-6,9,13H,1,3,11H2. The number of nitrogens with two attached hydrogens (primary N) is 1. The third-order valence-electron chi connectivity index (χ3n) is 1.71. The number of nitrogens with zero attached hydrogens (tertiary/aromatic N) is 1. The van der Waals surface area contributed by atoms with Crippen molar-refractivity contribution < 1.29 is 0 Å². The summed E-state index contributed by atoms with van der Waals surface area (Å²) in [5, 5.41) is 0. The minimum absolute atomic E-state index is 0.0469. The van der Waals surface area contributed by atoms with Gasteiger partial charge >= 0.3 is 0 Å². The van der Waals surface area contributed by atoms with Crippen molar-refractivity contribution in [2.24, 2.45) is 5.84 Å². The Morgan fingerprint density at radius 1 is 1.69 bits per heavy atom. The summed E-state index contributed by atoms with van der Waals surface area (Å²) >= 11 is 3.32. The van der Waals surface area contributed by atoms with E-state index in [9.17, 15) is 0 Å². The van der Waals surface area contributed by atoms with Gasteiger partial charge < -0.3 is 0 Å². The van der Waals surface area contributed by atoms with Crippen LogP contribution >= 0.6 is 15.9 Å². The van der Waals surface area contributed by atoms with Crippen molar-refractivity contribution in [2.75, 3.05) is 0 Å². The Balaban J connectivity index is 2.78. The highest BCUT2D eigenvalue weighted by atomic mass is 79.9. The summed E-state index contributed by atoms with van der Waals surface area (Å²) in [5.41, 5.74) is 3.61. The molecule has 0 bridgehead atoms. The van der Waals surface area contributed by atoms with Gasteiger partial charge in [-0.2, -0.15) is 0 Å². The van der Waals surface area contributed by atoms with Crippen LogP contribution in [0.3, 0.4) is 0 Å². The second kappa shape index (κ2) is 5.11. The molecule has 3 nitrogen and oxygen atoms in total. The summed E-state index contributed by atoms with van der Waals surface area (Å²) in [4.78, 5) is 4.23. The van der Waals surface area contributed by atoms with E-state index in [-0.39, 0.29) is 6.04 Å². The monoisotopic (exact) mass is 241 g/mol. The fourth-order valence-electron chi connectivity index (χ4n) is 1.03. The molecule has 4 heteroatoms. The smallest absolute Gasteiger partial charge is 0.0666 e. The quantitative estimate of drug-likeness (QED) is 0.481. The van der Waals surface area contributed by atoms with E-state index in [4.69, 9.17) is 5.84 Å². The van der Waals surface area contributed by atoms with Crippen molar-refractivity contribution >= 4 is 15.9 Å². The number of aromatic nitrogens is 1. The fraction of sp³-hybridized carbons (Fsp3) is 0.222. The molecule has 1 aromatic rings. The third kappa shape index (κ3) is 2.91. The van der Waals surface area contributed by atoms with Crippen molar-refractivity contribution in [1.82, 2.24) is 10.4 Å². The van der Waals surface area contributed by atoms with Crippen LogP contribution in [0.2, 0.25) is 0 Å². The first-order chi connectivity index (χ1) is 6.27. The van der Waals surface area contributed by atoms with Crippen LogP contribution in [-0.4, -0.2) is 4.98 Å². The van der Waals surface area contributed by atoms with Crippen molar-refractivity contribution in [3.05, 3.63) is 41.2 Å². The molecular formula is C9H12BrN3. The number of halogens is 1. The van der Waals surface area contributed by atoms with Gasteiger partial charge in [0.2, 0.25) is 0 Å². The van der Waals surface area contributed by atoms with Crippen LogP contribution in [0.15, 0.2) is 35.5 Å². The van der Waals surface area contributed by atoms with Gasteiger partial charge in [-0.1, -0.05) is 6.08 Å². The van der Waals surface area contributed by atoms with E-state index in [1.807, 2.05) is 18.2 Å². The third-order valence-corrected chi connectivity index (χ3v) is 2.18. The highest BCUT2D eigenvalue weighted by molar-refractivity contribution is 9.10. The van der Waals surface area contributed by atoms with Crippen molar-refractivity contribution in [3.63, 3.8) is 0 Å². The van der Waals surface area contributed by atoms with Gasteiger partial charge in [-0.15, -0.1) is 6.58 Å². The zero-order valence-electron chi connectivity index (χ0n) is 7.20. The Bertz CT molecular complexity index is 271. The molecule has 1 rings (SSSR count). The number of rotatable bonds is 4. The Morgan fingerprint density at radius 2 is 2.46 bits per heavy atom. The first-order valence-electron chi connectivity index (χ1n) is 3.96. The predicted molar refractivity (Wildman–Crippen MR) is 56.8 cm³/mol. The van der Waals surface area contributed by atoms with Gasteiger partial charge in [0.05, 0.1) is 11.7 Å². The number of nitrogens with one attached hydrogen (secondary N) is 1. The van der Waals surface area contributed by atoms with Crippen LogP contribution in [0.25, 0.3) is 0 Å². The molecular weight excluding hydrogens is 230 g/mol. The van der Waals surface area contributed by atoms with Gasteiger partial charge in [-0.25, -0.2) is 0 Å². The van der Waals surface area contributed by atoms with Crippen LogP contribution in [0, 0.1) is 0 Å². The highest BCUT2D eigenvalue weighted by Gasteiger charge is 2.07. The van der Waals surface area contributed by atoms with Crippen LogP contribution in [-0.2, 0) is 0 Å². The molecule has 0 saturated heterocycles. The van der Waals surface area contributed by atoms with Crippen molar-refractivity contribution in [2.45, 2.75) is 12.5 Å². The van der Waals surface area contributed by atoms with E-state index in [0.717, 1.165) is 16.6 Å². The first-order valence-corrected chi connectivity index (χ1v) is 4.75. The van der Waals surface area contributed by atoms with E-state index in [1.54, 1.807) is 6.20 Å². The lowest BCUT2D eigenvalue weighted by molar-refractivity contribution is 0.547. The molecule has 0 aliphatic heterocycles. The van der Waals surface area contributed by atoms with E-state index >= 15 is 0 Å². The van der Waals surface area contributed by atoms with Gasteiger partial charge in [-0.3, -0.25) is 16.3 Å². The Hall–Kier alpha value is -0.710. The van der Waals surface area contributed by atoms with E-state index < -0.39 is 0 Å². The molecule has 0 aliphatic rings. The maximum atomic E-state index is 5.38. The molecule has 0 saturated carbocycles. The summed E-state index contributed by atoms with van der Waals surface area (Å²) in [5.74, 6) is 5.38. The van der Waals surface area contributed by atoms with Gasteiger partial charge in [0.1, 0.15) is 0 Å². The van der Waals surface area contributed by atoms with Gasteiger partial charge in [0.15, 0.2) is 0 Å². The number of hydrogen-bond acceptors (Lipinski definition) is 3. The Kier molecular flexibility index (Phi) is 4.08. The van der Waals surface area contributed by atoms with E-state index in [1.165, 1.54) is 0 Å². The summed E-state index contributed by atoms with van der Waals surface area (Å²) in [7, 11) is 0. The highest BCUT2D eigenvalue weighted by Crippen LogP contribution is 2.15. The summed E-state index contributed by atoms with van der Waals surface area (Å²) in [6.45, 7) is 3.66. The minimum Gasteiger partial charge on any atom is -0.271 e. The van der Waals surface area contributed by atoms with Gasteiger partial charge in [-0.05, 0) is 34.5 Å². The molecule has 70 valence electrons. The zero-order valence-corrected chi connectivity index (χ0v) is 8.79. The second-order valence-electron chi connectivity index (χ2n) is 2.64. The van der Waals surface area contributed by atoms with Crippen LogP contribution in [0.1, 0.15) is 18.2 Å². The molecule has 1 heterocycles. The number of hydrazine groups is 1. The molecule has 0 aliphatic carbocycles. The Morgan fingerprint density at radius 3 is 2.92 bits per heavy atom. The molecule has 1 unspecified atom stereocenters. The first kappa shape index (κ1) is 10.4. The fourth-order valence-corrected chi connectivity index (χ4v) is 1.27. The van der Waals surface area contributed by atoms with Crippen molar-refractivity contribution in [3.8, 4) is 0 Å². The predicted octanol–water partition coefficient (Wildman–Crippen LogP) is 1.92. The van der Waals surface area contributed by atoms with E-state index in [2.05, 4.69) is 32.9 Å². The van der Waals surface area contributed by atoms with Crippen LogP contribution in [0.5, 0.6) is 0 Å². The summed E-state index contributed by atoms with van der Waals surface area (Å²) in [6, 6.07) is 3.92. The average molecular weight is 242 g/mol. The lowest BCUT2D eigenvalue weighted by Crippen LogP contribution is -2.28. The number of pyridine rings is 1. The molecule has 0 radical (unpaired) electrons. The molecule has 0 spiro atoms. The maximum Gasteiger partial charge on any atom is 0.0666 e. The van der Waals surface area contributed by atoms with Crippen LogP contribution < -0.4 is 11.3 Å². The van der Waals surface area contributed by atoms with E-state index in [0.29, 0.717) is 0 Å². The minimum atomic E-state index is 0.0469. The zero-order chi connectivity index (χ0) is 9.68. The average Bonchev–Trinajstić information content (AvgIpc) is 2.16. The normalized spacial score (nSPS) is 12.5.